The lowest BCUT2D eigenvalue weighted by molar-refractivity contribution is 0.475. The van der Waals surface area contributed by atoms with Crippen LogP contribution in [0.2, 0.25) is 5.02 Å². The SMILES string of the molecule is C=Cc1cc(O)cc(Cl)c1C. The second-order valence-electron chi connectivity index (χ2n) is 2.35. The second-order valence-corrected chi connectivity index (χ2v) is 2.75. The Morgan fingerprint density at radius 3 is 2.73 bits per heavy atom. The highest BCUT2D eigenvalue weighted by atomic mass is 35.5. The standard InChI is InChI=1S/C9H9ClO/c1-3-7-4-8(11)5-9(10)6(7)2/h3-5,11H,1H2,2H3. The maximum atomic E-state index is 9.12. The molecule has 0 unspecified atom stereocenters. The molecule has 0 atom stereocenters. The third-order valence-corrected chi connectivity index (χ3v) is 1.98. The number of aromatic hydroxyl groups is 1. The largest absolute Gasteiger partial charge is 0.508 e. The predicted molar refractivity (Wildman–Crippen MR) is 47.9 cm³/mol. The zero-order chi connectivity index (χ0) is 8.43. The minimum absolute atomic E-state index is 0.176. The second kappa shape index (κ2) is 2.97. The van der Waals surface area contributed by atoms with Gasteiger partial charge in [-0.15, -0.1) is 0 Å². The molecule has 1 N–H and O–H groups in total. The van der Waals surface area contributed by atoms with Gasteiger partial charge in [-0.3, -0.25) is 0 Å². The summed E-state index contributed by atoms with van der Waals surface area (Å²) in [7, 11) is 0. The van der Waals surface area contributed by atoms with Crippen molar-refractivity contribution in [3.05, 3.63) is 34.9 Å². The molecule has 0 aliphatic heterocycles. The summed E-state index contributed by atoms with van der Waals surface area (Å²) in [6.45, 7) is 5.49. The molecule has 1 rings (SSSR count). The normalized spacial score (nSPS) is 9.64. The summed E-state index contributed by atoms with van der Waals surface area (Å²) in [5.74, 6) is 0.176. The Morgan fingerprint density at radius 2 is 2.18 bits per heavy atom. The molecule has 58 valence electrons. The van der Waals surface area contributed by atoms with Gasteiger partial charge in [0.2, 0.25) is 0 Å². The van der Waals surface area contributed by atoms with Crippen molar-refractivity contribution >= 4 is 17.7 Å². The number of halogens is 1. The van der Waals surface area contributed by atoms with Crippen molar-refractivity contribution in [1.82, 2.24) is 0 Å². The van der Waals surface area contributed by atoms with Gasteiger partial charge in [0.05, 0.1) is 0 Å². The molecule has 1 aromatic carbocycles. The molecule has 0 heterocycles. The molecule has 0 saturated carbocycles. The molecule has 2 heteroatoms. The topological polar surface area (TPSA) is 20.2 Å². The van der Waals surface area contributed by atoms with Gasteiger partial charge in [-0.05, 0) is 30.2 Å². The first kappa shape index (κ1) is 8.15. The molecule has 0 spiro atoms. The van der Waals surface area contributed by atoms with E-state index in [1.165, 1.54) is 6.07 Å². The van der Waals surface area contributed by atoms with Crippen LogP contribution in [-0.4, -0.2) is 5.11 Å². The summed E-state index contributed by atoms with van der Waals surface area (Å²) in [5.41, 5.74) is 1.81. The van der Waals surface area contributed by atoms with E-state index in [2.05, 4.69) is 6.58 Å². The van der Waals surface area contributed by atoms with Crippen molar-refractivity contribution in [2.24, 2.45) is 0 Å². The summed E-state index contributed by atoms with van der Waals surface area (Å²) >= 11 is 5.79. The van der Waals surface area contributed by atoms with Crippen LogP contribution in [0, 0.1) is 6.92 Å². The van der Waals surface area contributed by atoms with Gasteiger partial charge in [0.25, 0.3) is 0 Å². The Morgan fingerprint density at radius 1 is 1.55 bits per heavy atom. The summed E-state index contributed by atoms with van der Waals surface area (Å²) in [6.07, 6.45) is 1.67. The molecule has 11 heavy (non-hydrogen) atoms. The average Bonchev–Trinajstić information content (AvgIpc) is 1.96. The number of benzene rings is 1. The van der Waals surface area contributed by atoms with Crippen LogP contribution in [0.4, 0.5) is 0 Å². The molecule has 0 fully saturated rings. The summed E-state index contributed by atoms with van der Waals surface area (Å²) in [5, 5.41) is 9.69. The monoisotopic (exact) mass is 168 g/mol. The van der Waals surface area contributed by atoms with Crippen molar-refractivity contribution in [1.29, 1.82) is 0 Å². The maximum Gasteiger partial charge on any atom is 0.117 e. The zero-order valence-electron chi connectivity index (χ0n) is 6.26. The highest BCUT2D eigenvalue weighted by Gasteiger charge is 2.01. The molecule has 0 amide bonds. The highest BCUT2D eigenvalue weighted by Crippen LogP contribution is 2.25. The fraction of sp³-hybridized carbons (Fsp3) is 0.111. The molecule has 0 radical (unpaired) electrons. The number of hydrogen-bond acceptors (Lipinski definition) is 1. The number of rotatable bonds is 1. The molecule has 0 aromatic heterocycles. The van der Waals surface area contributed by atoms with Crippen molar-refractivity contribution in [2.45, 2.75) is 6.92 Å². The van der Waals surface area contributed by atoms with Crippen molar-refractivity contribution in [3.63, 3.8) is 0 Å². The lowest BCUT2D eigenvalue weighted by atomic mass is 10.1. The minimum atomic E-state index is 0.176. The van der Waals surface area contributed by atoms with Crippen molar-refractivity contribution < 1.29 is 5.11 Å². The minimum Gasteiger partial charge on any atom is -0.508 e. The van der Waals surface area contributed by atoms with Crippen LogP contribution in [0.3, 0.4) is 0 Å². The van der Waals surface area contributed by atoms with Crippen molar-refractivity contribution in [2.75, 3.05) is 0 Å². The molecule has 0 aliphatic rings. The van der Waals surface area contributed by atoms with Crippen molar-refractivity contribution in [3.8, 4) is 5.75 Å². The Hall–Kier alpha value is -0.950. The molecule has 0 aliphatic carbocycles. The molecule has 0 bridgehead atoms. The number of phenols is 1. The first-order valence-electron chi connectivity index (χ1n) is 3.26. The van der Waals surface area contributed by atoms with E-state index in [1.54, 1.807) is 12.1 Å². The predicted octanol–water partition coefficient (Wildman–Crippen LogP) is 3.00. The lowest BCUT2D eigenvalue weighted by Crippen LogP contribution is -1.81. The number of hydrogen-bond donors (Lipinski definition) is 1. The lowest BCUT2D eigenvalue weighted by Gasteiger charge is -2.02. The Balaban J connectivity index is 3.35. The van der Waals surface area contributed by atoms with E-state index in [0.717, 1.165) is 11.1 Å². The van der Waals surface area contributed by atoms with E-state index in [4.69, 9.17) is 16.7 Å². The van der Waals surface area contributed by atoms with E-state index in [0.29, 0.717) is 5.02 Å². The van der Waals surface area contributed by atoms with Crippen LogP contribution < -0.4 is 0 Å². The Bertz CT molecular complexity index is 292. The van der Waals surface area contributed by atoms with E-state index in [1.807, 2.05) is 6.92 Å². The van der Waals surface area contributed by atoms with E-state index < -0.39 is 0 Å². The first-order chi connectivity index (χ1) is 5.15. The van der Waals surface area contributed by atoms with Gasteiger partial charge in [0.1, 0.15) is 5.75 Å². The smallest absolute Gasteiger partial charge is 0.117 e. The molecule has 1 nitrogen and oxygen atoms in total. The average molecular weight is 169 g/mol. The van der Waals surface area contributed by atoms with Crippen LogP contribution >= 0.6 is 11.6 Å². The van der Waals surface area contributed by atoms with E-state index in [9.17, 15) is 0 Å². The third kappa shape index (κ3) is 1.55. The molecular weight excluding hydrogens is 160 g/mol. The van der Waals surface area contributed by atoms with Crippen LogP contribution in [0.25, 0.3) is 6.08 Å². The van der Waals surface area contributed by atoms with Gasteiger partial charge in [-0.25, -0.2) is 0 Å². The zero-order valence-corrected chi connectivity index (χ0v) is 7.02. The van der Waals surface area contributed by atoms with E-state index in [-0.39, 0.29) is 5.75 Å². The summed E-state index contributed by atoms with van der Waals surface area (Å²) in [6, 6.07) is 3.15. The quantitative estimate of drug-likeness (QED) is 0.684. The van der Waals surface area contributed by atoms with Gasteiger partial charge in [-0.1, -0.05) is 24.3 Å². The third-order valence-electron chi connectivity index (χ3n) is 1.59. The Labute approximate surface area is 70.9 Å². The first-order valence-corrected chi connectivity index (χ1v) is 3.64. The van der Waals surface area contributed by atoms with E-state index >= 15 is 0 Å². The molecule has 0 saturated heterocycles. The van der Waals surface area contributed by atoms with Gasteiger partial charge in [0.15, 0.2) is 0 Å². The van der Waals surface area contributed by atoms with Crippen LogP contribution in [0.15, 0.2) is 18.7 Å². The molecule has 1 aromatic rings. The van der Waals surface area contributed by atoms with Gasteiger partial charge < -0.3 is 5.11 Å². The van der Waals surface area contributed by atoms with Gasteiger partial charge in [0, 0.05) is 5.02 Å². The van der Waals surface area contributed by atoms with Crippen LogP contribution in [0.1, 0.15) is 11.1 Å². The van der Waals surface area contributed by atoms with Crippen LogP contribution in [-0.2, 0) is 0 Å². The van der Waals surface area contributed by atoms with Crippen LogP contribution in [0.5, 0.6) is 5.75 Å². The summed E-state index contributed by atoms with van der Waals surface area (Å²) < 4.78 is 0. The van der Waals surface area contributed by atoms with Gasteiger partial charge in [-0.2, -0.15) is 0 Å². The maximum absolute atomic E-state index is 9.12. The fourth-order valence-corrected chi connectivity index (χ4v) is 1.12. The summed E-state index contributed by atoms with van der Waals surface area (Å²) in [4.78, 5) is 0. The Kier molecular flexibility index (Phi) is 2.20. The molecular formula is C9H9ClO. The fourth-order valence-electron chi connectivity index (χ4n) is 0.897. The number of phenolic OH excluding ortho intramolecular Hbond substituents is 1. The highest BCUT2D eigenvalue weighted by molar-refractivity contribution is 6.31. The van der Waals surface area contributed by atoms with Gasteiger partial charge >= 0.3 is 0 Å².